The zero-order valence-corrected chi connectivity index (χ0v) is 15.4. The molecular formula is C18H22N4O2S. The third-order valence-electron chi connectivity index (χ3n) is 4.17. The number of nitrogens with zero attached hydrogens (tertiary/aromatic N) is 3. The summed E-state index contributed by atoms with van der Waals surface area (Å²) in [6, 6.07) is 15.4. The monoisotopic (exact) mass is 358 g/mol. The van der Waals surface area contributed by atoms with E-state index in [9.17, 15) is 8.42 Å². The van der Waals surface area contributed by atoms with Crippen molar-refractivity contribution in [2.75, 3.05) is 14.1 Å². The van der Waals surface area contributed by atoms with Crippen molar-refractivity contribution < 1.29 is 8.42 Å². The van der Waals surface area contributed by atoms with Gasteiger partial charge in [-0.05, 0) is 24.1 Å². The zero-order chi connectivity index (χ0) is 18.0. The molecule has 0 saturated carbocycles. The number of imidazole rings is 1. The molecule has 25 heavy (non-hydrogen) atoms. The molecule has 0 amide bonds. The molecule has 0 aliphatic carbocycles. The van der Waals surface area contributed by atoms with Crippen molar-refractivity contribution in [2.45, 2.75) is 20.0 Å². The summed E-state index contributed by atoms with van der Waals surface area (Å²) in [7, 11) is -0.425. The maximum absolute atomic E-state index is 12.7. The minimum absolute atomic E-state index is 0.190. The number of aromatic amines is 1. The Bertz CT molecular complexity index is 967. The van der Waals surface area contributed by atoms with E-state index in [1.807, 2.05) is 55.5 Å². The molecule has 0 bridgehead atoms. The van der Waals surface area contributed by atoms with Crippen molar-refractivity contribution in [1.82, 2.24) is 18.6 Å². The molecule has 0 aliphatic rings. The van der Waals surface area contributed by atoms with Crippen molar-refractivity contribution in [3.8, 4) is 0 Å². The minimum Gasteiger partial charge on any atom is -0.341 e. The van der Waals surface area contributed by atoms with Gasteiger partial charge in [-0.3, -0.25) is 0 Å². The molecule has 0 spiro atoms. The molecule has 132 valence electrons. The van der Waals surface area contributed by atoms with Crippen LogP contribution in [0.15, 0.2) is 48.5 Å². The Kier molecular flexibility index (Phi) is 4.89. The molecule has 1 heterocycles. The van der Waals surface area contributed by atoms with E-state index in [-0.39, 0.29) is 6.54 Å². The lowest BCUT2D eigenvalue weighted by atomic mass is 10.2. The second-order valence-corrected chi connectivity index (χ2v) is 8.30. The average Bonchev–Trinajstić information content (AvgIpc) is 2.99. The van der Waals surface area contributed by atoms with Crippen LogP contribution in [-0.4, -0.2) is 41.1 Å². The minimum atomic E-state index is -3.58. The standard InChI is InChI=1S/C18H22N4O2S/c1-14-8-7-11-16-18(14)20-17(19-16)13-22(3)25(23,24)21(2)12-15-9-5-4-6-10-15/h4-11H,12-13H2,1-3H3,(H,19,20). The van der Waals surface area contributed by atoms with Crippen LogP contribution in [-0.2, 0) is 23.3 Å². The summed E-state index contributed by atoms with van der Waals surface area (Å²) in [4.78, 5) is 7.72. The number of para-hydroxylation sites is 1. The summed E-state index contributed by atoms with van der Waals surface area (Å²) in [5.41, 5.74) is 3.80. The molecule has 1 aromatic heterocycles. The molecule has 0 atom stereocenters. The fourth-order valence-corrected chi connectivity index (χ4v) is 3.83. The first-order valence-electron chi connectivity index (χ1n) is 8.03. The molecule has 7 heteroatoms. The Morgan fingerprint density at radius 1 is 0.960 bits per heavy atom. The third-order valence-corrected chi connectivity index (χ3v) is 6.01. The summed E-state index contributed by atoms with van der Waals surface area (Å²) < 4.78 is 28.1. The van der Waals surface area contributed by atoms with E-state index in [1.165, 1.54) is 8.61 Å². The lowest BCUT2D eigenvalue weighted by molar-refractivity contribution is 0.382. The topological polar surface area (TPSA) is 69.3 Å². The Labute approximate surface area is 148 Å². The zero-order valence-electron chi connectivity index (χ0n) is 14.6. The molecule has 0 unspecified atom stereocenters. The normalized spacial score (nSPS) is 12.4. The summed E-state index contributed by atoms with van der Waals surface area (Å²) >= 11 is 0. The number of aromatic nitrogens is 2. The summed E-state index contributed by atoms with van der Waals surface area (Å²) in [6.45, 7) is 2.50. The van der Waals surface area contributed by atoms with Gasteiger partial charge in [-0.15, -0.1) is 0 Å². The van der Waals surface area contributed by atoms with Crippen LogP contribution in [0.5, 0.6) is 0 Å². The summed E-state index contributed by atoms with van der Waals surface area (Å²) in [5, 5.41) is 0. The van der Waals surface area contributed by atoms with E-state index in [0.717, 1.165) is 22.2 Å². The maximum atomic E-state index is 12.7. The van der Waals surface area contributed by atoms with Crippen molar-refractivity contribution >= 4 is 21.2 Å². The van der Waals surface area contributed by atoms with Crippen LogP contribution in [0.25, 0.3) is 11.0 Å². The Balaban J connectivity index is 1.76. The molecule has 0 saturated heterocycles. The quantitative estimate of drug-likeness (QED) is 0.736. The highest BCUT2D eigenvalue weighted by Gasteiger charge is 2.24. The van der Waals surface area contributed by atoms with Crippen LogP contribution in [0.3, 0.4) is 0 Å². The number of aryl methyl sites for hydroxylation is 1. The predicted octanol–water partition coefficient (Wildman–Crippen LogP) is 2.68. The molecule has 1 N–H and O–H groups in total. The van der Waals surface area contributed by atoms with Crippen molar-refractivity contribution in [3.05, 3.63) is 65.5 Å². The lowest BCUT2D eigenvalue weighted by Gasteiger charge is -2.23. The summed E-state index contributed by atoms with van der Waals surface area (Å²) in [6.07, 6.45) is 0. The molecule has 6 nitrogen and oxygen atoms in total. The molecule has 3 aromatic rings. The largest absolute Gasteiger partial charge is 0.341 e. The molecule has 0 radical (unpaired) electrons. The van der Waals surface area contributed by atoms with E-state index >= 15 is 0 Å². The number of H-pyrrole nitrogens is 1. The van der Waals surface area contributed by atoms with E-state index in [0.29, 0.717) is 12.4 Å². The second-order valence-electron chi connectivity index (χ2n) is 6.16. The number of benzene rings is 2. The van der Waals surface area contributed by atoms with Gasteiger partial charge in [-0.25, -0.2) is 4.98 Å². The lowest BCUT2D eigenvalue weighted by Crippen LogP contribution is -2.39. The summed E-state index contributed by atoms with van der Waals surface area (Å²) in [5.74, 6) is 0.628. The Morgan fingerprint density at radius 3 is 2.32 bits per heavy atom. The van der Waals surface area contributed by atoms with Crippen LogP contribution >= 0.6 is 0 Å². The highest BCUT2D eigenvalue weighted by Crippen LogP contribution is 2.18. The number of rotatable bonds is 6. The van der Waals surface area contributed by atoms with Gasteiger partial charge in [0.2, 0.25) is 0 Å². The number of hydrogen-bond acceptors (Lipinski definition) is 3. The van der Waals surface area contributed by atoms with Crippen LogP contribution in [0.1, 0.15) is 17.0 Å². The maximum Gasteiger partial charge on any atom is 0.282 e. The van der Waals surface area contributed by atoms with E-state index < -0.39 is 10.2 Å². The fraction of sp³-hybridized carbons (Fsp3) is 0.278. The Hall–Kier alpha value is -2.22. The van der Waals surface area contributed by atoms with Gasteiger partial charge in [-0.2, -0.15) is 17.0 Å². The van der Waals surface area contributed by atoms with E-state index in [4.69, 9.17) is 0 Å². The van der Waals surface area contributed by atoms with Gasteiger partial charge in [-0.1, -0.05) is 42.5 Å². The van der Waals surface area contributed by atoms with Crippen LogP contribution < -0.4 is 0 Å². The van der Waals surface area contributed by atoms with Gasteiger partial charge in [0.05, 0.1) is 17.6 Å². The predicted molar refractivity (Wildman–Crippen MR) is 99.1 cm³/mol. The molecule has 3 rings (SSSR count). The van der Waals surface area contributed by atoms with Crippen LogP contribution in [0.4, 0.5) is 0 Å². The van der Waals surface area contributed by atoms with Gasteiger partial charge in [0.15, 0.2) is 0 Å². The van der Waals surface area contributed by atoms with Crippen molar-refractivity contribution in [2.24, 2.45) is 0 Å². The molecule has 0 aliphatic heterocycles. The van der Waals surface area contributed by atoms with Crippen LogP contribution in [0, 0.1) is 6.92 Å². The van der Waals surface area contributed by atoms with Gasteiger partial charge >= 0.3 is 0 Å². The second kappa shape index (κ2) is 6.95. The van der Waals surface area contributed by atoms with Crippen molar-refractivity contribution in [3.63, 3.8) is 0 Å². The highest BCUT2D eigenvalue weighted by molar-refractivity contribution is 7.86. The third kappa shape index (κ3) is 3.73. The Morgan fingerprint density at radius 2 is 1.64 bits per heavy atom. The highest BCUT2D eigenvalue weighted by atomic mass is 32.2. The first kappa shape index (κ1) is 17.6. The number of hydrogen-bond donors (Lipinski definition) is 1. The fourth-order valence-electron chi connectivity index (χ4n) is 2.75. The first-order chi connectivity index (χ1) is 11.9. The molecular weight excluding hydrogens is 336 g/mol. The first-order valence-corrected chi connectivity index (χ1v) is 9.43. The smallest absolute Gasteiger partial charge is 0.282 e. The van der Waals surface area contributed by atoms with Gasteiger partial charge in [0, 0.05) is 20.6 Å². The molecule has 2 aromatic carbocycles. The number of nitrogens with one attached hydrogen (secondary N) is 1. The van der Waals surface area contributed by atoms with E-state index in [1.54, 1.807) is 14.1 Å². The molecule has 0 fully saturated rings. The van der Waals surface area contributed by atoms with Gasteiger partial charge in [0.1, 0.15) is 5.82 Å². The van der Waals surface area contributed by atoms with Gasteiger partial charge in [0.25, 0.3) is 10.2 Å². The SMILES string of the molecule is Cc1cccc2[nH]c(CN(C)S(=O)(=O)N(C)Cc3ccccc3)nc12. The van der Waals surface area contributed by atoms with Gasteiger partial charge < -0.3 is 4.98 Å². The van der Waals surface area contributed by atoms with E-state index in [2.05, 4.69) is 9.97 Å². The van der Waals surface area contributed by atoms with Crippen molar-refractivity contribution in [1.29, 1.82) is 0 Å². The average molecular weight is 358 g/mol. The van der Waals surface area contributed by atoms with Crippen LogP contribution in [0.2, 0.25) is 0 Å². The number of fused-ring (bicyclic) bond motifs is 1.